The topological polar surface area (TPSA) is 237 Å². The fraction of sp³-hybridized carbons (Fsp3) is 0.943. The molecular weight excluding hydrogens is 1170 g/mol. The van der Waals surface area contributed by atoms with E-state index in [1.807, 2.05) is 0 Å². The van der Waals surface area contributed by atoms with E-state index in [-0.39, 0.29) is 25.7 Å². The minimum absolute atomic E-state index is 0.103. The summed E-state index contributed by atoms with van der Waals surface area (Å²) in [6.07, 6.45) is 47.1. The van der Waals surface area contributed by atoms with Crippen molar-refractivity contribution in [2.75, 3.05) is 39.6 Å². The third kappa shape index (κ3) is 63.2. The Balaban J connectivity index is 5.24. The van der Waals surface area contributed by atoms with Crippen molar-refractivity contribution in [3.8, 4) is 0 Å². The van der Waals surface area contributed by atoms with E-state index < -0.39 is 97.5 Å². The number of phosphoric ester groups is 2. The molecule has 17 nitrogen and oxygen atoms in total. The van der Waals surface area contributed by atoms with E-state index in [4.69, 9.17) is 37.0 Å². The molecule has 89 heavy (non-hydrogen) atoms. The van der Waals surface area contributed by atoms with Crippen LogP contribution in [0, 0.1) is 11.8 Å². The Kier molecular flexibility index (Phi) is 60.8. The number of esters is 4. The number of carbonyl (C=O) groups is 4. The normalized spacial score (nSPS) is 14.4. The lowest BCUT2D eigenvalue weighted by atomic mass is 10.00. The summed E-state index contributed by atoms with van der Waals surface area (Å²) in [5.74, 6) is -0.634. The summed E-state index contributed by atoms with van der Waals surface area (Å²) in [5.41, 5.74) is 0. The molecule has 0 rings (SSSR count). The van der Waals surface area contributed by atoms with E-state index in [0.29, 0.717) is 25.7 Å². The van der Waals surface area contributed by atoms with E-state index in [1.165, 1.54) is 173 Å². The van der Waals surface area contributed by atoms with E-state index in [9.17, 15) is 43.2 Å². The van der Waals surface area contributed by atoms with Gasteiger partial charge in [-0.1, -0.05) is 305 Å². The summed E-state index contributed by atoms with van der Waals surface area (Å²) in [6.45, 7) is 9.50. The van der Waals surface area contributed by atoms with Crippen LogP contribution in [0.2, 0.25) is 0 Å². The molecule has 0 aliphatic heterocycles. The van der Waals surface area contributed by atoms with Crippen LogP contribution in [0.4, 0.5) is 0 Å². The zero-order valence-corrected chi connectivity index (χ0v) is 59.5. The molecule has 0 saturated heterocycles. The van der Waals surface area contributed by atoms with Crippen LogP contribution in [0.1, 0.15) is 356 Å². The lowest BCUT2D eigenvalue weighted by Crippen LogP contribution is -2.30. The van der Waals surface area contributed by atoms with Gasteiger partial charge < -0.3 is 33.8 Å². The van der Waals surface area contributed by atoms with E-state index >= 15 is 0 Å². The SMILES string of the molecule is CCCCCCCCCCCCCCCCCC(=O)O[C@H](COC(=O)CCCCCCCCCCCCCC(C)C)COP(=O)(O)OC[C@@H](O)COP(=O)(O)OC[C@@H](COC(=O)CCCCCCCCCCCC)OC(=O)CCCCCCCCC(C)CC. The summed E-state index contributed by atoms with van der Waals surface area (Å²) in [4.78, 5) is 72.5. The van der Waals surface area contributed by atoms with Crippen molar-refractivity contribution in [2.24, 2.45) is 11.8 Å². The monoisotopic (exact) mass is 1310 g/mol. The Morgan fingerprint density at radius 2 is 0.573 bits per heavy atom. The van der Waals surface area contributed by atoms with Crippen LogP contribution in [-0.4, -0.2) is 96.7 Å². The zero-order chi connectivity index (χ0) is 65.7. The van der Waals surface area contributed by atoms with E-state index in [0.717, 1.165) is 102 Å². The van der Waals surface area contributed by atoms with Gasteiger partial charge in [-0.2, -0.15) is 0 Å². The van der Waals surface area contributed by atoms with Crippen molar-refractivity contribution < 1.29 is 80.2 Å². The first-order valence-corrected chi connectivity index (χ1v) is 39.5. The number of phosphoric acid groups is 2. The Labute approximate surface area is 543 Å². The van der Waals surface area contributed by atoms with Crippen LogP contribution < -0.4 is 0 Å². The van der Waals surface area contributed by atoms with Gasteiger partial charge in [0.1, 0.15) is 19.3 Å². The molecule has 0 fully saturated rings. The number of aliphatic hydroxyl groups excluding tert-OH is 1. The number of aliphatic hydroxyl groups is 1. The average molecular weight is 1310 g/mol. The second-order valence-corrected chi connectivity index (χ2v) is 28.9. The van der Waals surface area contributed by atoms with Crippen molar-refractivity contribution >= 4 is 39.5 Å². The predicted octanol–water partition coefficient (Wildman–Crippen LogP) is 20.0. The van der Waals surface area contributed by atoms with Gasteiger partial charge in [0.25, 0.3) is 0 Å². The number of ether oxygens (including phenoxy) is 4. The number of hydrogen-bond acceptors (Lipinski definition) is 15. The van der Waals surface area contributed by atoms with Gasteiger partial charge in [-0.25, -0.2) is 9.13 Å². The Morgan fingerprint density at radius 3 is 0.854 bits per heavy atom. The Morgan fingerprint density at radius 1 is 0.326 bits per heavy atom. The van der Waals surface area contributed by atoms with Crippen LogP contribution in [0.15, 0.2) is 0 Å². The first-order chi connectivity index (χ1) is 42.9. The molecule has 0 spiro atoms. The number of hydrogen-bond donors (Lipinski definition) is 3. The highest BCUT2D eigenvalue weighted by atomic mass is 31.2. The zero-order valence-electron chi connectivity index (χ0n) is 57.7. The van der Waals surface area contributed by atoms with E-state index in [2.05, 4.69) is 41.5 Å². The molecule has 0 aliphatic rings. The predicted molar refractivity (Wildman–Crippen MR) is 358 cm³/mol. The first-order valence-electron chi connectivity index (χ1n) is 36.5. The van der Waals surface area contributed by atoms with Gasteiger partial charge >= 0.3 is 39.5 Å². The van der Waals surface area contributed by atoms with Crippen LogP contribution >= 0.6 is 15.6 Å². The molecule has 3 unspecified atom stereocenters. The maximum Gasteiger partial charge on any atom is 0.472 e. The third-order valence-electron chi connectivity index (χ3n) is 16.6. The van der Waals surface area contributed by atoms with Gasteiger partial charge in [-0.15, -0.1) is 0 Å². The van der Waals surface area contributed by atoms with Gasteiger partial charge in [-0.05, 0) is 37.5 Å². The molecule has 0 amide bonds. The molecule has 528 valence electrons. The summed E-state index contributed by atoms with van der Waals surface area (Å²) in [7, 11) is -9.90. The van der Waals surface area contributed by atoms with E-state index in [1.54, 1.807) is 0 Å². The van der Waals surface area contributed by atoms with Gasteiger partial charge in [0.05, 0.1) is 26.4 Å². The van der Waals surface area contributed by atoms with Gasteiger partial charge in [-0.3, -0.25) is 37.3 Å². The third-order valence-corrected chi connectivity index (χ3v) is 18.5. The van der Waals surface area contributed by atoms with Crippen molar-refractivity contribution in [3.63, 3.8) is 0 Å². The molecule has 3 N–H and O–H groups in total. The molecule has 0 aromatic rings. The second kappa shape index (κ2) is 62.2. The number of carbonyl (C=O) groups excluding carboxylic acids is 4. The maximum absolute atomic E-state index is 13.0. The minimum atomic E-state index is -4.95. The van der Waals surface area contributed by atoms with Crippen LogP contribution in [0.3, 0.4) is 0 Å². The van der Waals surface area contributed by atoms with Gasteiger partial charge in [0, 0.05) is 25.7 Å². The van der Waals surface area contributed by atoms with Crippen molar-refractivity contribution in [2.45, 2.75) is 374 Å². The average Bonchev–Trinajstić information content (AvgIpc) is 3.54. The quantitative estimate of drug-likeness (QED) is 0.0222. The molecule has 6 atom stereocenters. The van der Waals surface area contributed by atoms with Gasteiger partial charge in [0.2, 0.25) is 0 Å². The van der Waals surface area contributed by atoms with Crippen molar-refractivity contribution in [1.82, 2.24) is 0 Å². The molecular formula is C70H136O17P2. The minimum Gasteiger partial charge on any atom is -0.462 e. The summed E-state index contributed by atoms with van der Waals surface area (Å²) in [6, 6.07) is 0. The molecule has 19 heteroatoms. The number of rotatable bonds is 69. The largest absolute Gasteiger partial charge is 0.472 e. The fourth-order valence-electron chi connectivity index (χ4n) is 10.6. The molecule has 0 heterocycles. The molecule has 0 aliphatic carbocycles. The fourth-order valence-corrected chi connectivity index (χ4v) is 12.1. The summed E-state index contributed by atoms with van der Waals surface area (Å²) >= 11 is 0. The smallest absolute Gasteiger partial charge is 0.462 e. The second-order valence-electron chi connectivity index (χ2n) is 26.0. The van der Waals surface area contributed by atoms with Crippen molar-refractivity contribution in [1.29, 1.82) is 0 Å². The molecule has 0 aromatic carbocycles. The summed E-state index contributed by atoms with van der Waals surface area (Å²) < 4.78 is 68.3. The highest BCUT2D eigenvalue weighted by molar-refractivity contribution is 7.47. The lowest BCUT2D eigenvalue weighted by molar-refractivity contribution is -0.161. The lowest BCUT2D eigenvalue weighted by Gasteiger charge is -2.21. The Bertz CT molecular complexity index is 1740. The van der Waals surface area contributed by atoms with Crippen molar-refractivity contribution in [3.05, 3.63) is 0 Å². The highest BCUT2D eigenvalue weighted by Crippen LogP contribution is 2.45. The molecule has 0 radical (unpaired) electrons. The number of unbranched alkanes of at least 4 members (excludes halogenated alkanes) is 38. The van der Waals surface area contributed by atoms with Crippen LogP contribution in [0.5, 0.6) is 0 Å². The molecule has 0 saturated carbocycles. The molecule has 0 aromatic heterocycles. The molecule has 0 bridgehead atoms. The maximum atomic E-state index is 13.0. The summed E-state index contributed by atoms with van der Waals surface area (Å²) in [5, 5.41) is 10.6. The standard InChI is InChI=1S/C70H136O17P2/c1-7-10-12-14-16-18-20-21-22-23-26-31-35-42-48-54-69(74)86-65(58-80-68(73)53-47-41-34-30-27-24-25-28-32-38-44-50-62(4)5)60-84-88(76,77)82-56-64(71)57-83-89(78,79)85-61-66(87-70(75)55-49-43-37-36-39-45-51-63(6)9-3)59-81-67(72)52-46-40-33-29-19-17-15-13-11-8-2/h62-66,71H,7-61H2,1-6H3,(H,76,77)(H,78,79)/t63?,64-,65-,66-/m1/s1. The van der Waals surface area contributed by atoms with Gasteiger partial charge in [0.15, 0.2) is 12.2 Å². The first kappa shape index (κ1) is 87.1. The Hall–Kier alpha value is -1.94. The van der Waals surface area contributed by atoms with Crippen LogP contribution in [0.25, 0.3) is 0 Å². The highest BCUT2D eigenvalue weighted by Gasteiger charge is 2.30. The van der Waals surface area contributed by atoms with Crippen LogP contribution in [-0.2, 0) is 65.4 Å².